The number of unbranched alkanes of at least 4 members (excludes halogenated alkanes) is 1. The number of hydrogen-bond acceptors (Lipinski definition) is 2. The third-order valence-corrected chi connectivity index (χ3v) is 6.08. The molecule has 0 aromatic rings. The van der Waals surface area contributed by atoms with E-state index in [-0.39, 0.29) is 12.1 Å². The summed E-state index contributed by atoms with van der Waals surface area (Å²) in [6.45, 7) is 3.81. The highest BCUT2D eigenvalue weighted by Crippen LogP contribution is 2.41. The Morgan fingerprint density at radius 3 is 2.38 bits per heavy atom. The monoisotopic (exact) mass is 336 g/mol. The molecule has 3 aliphatic rings. The molecule has 3 heteroatoms. The molecule has 1 saturated heterocycles. The van der Waals surface area contributed by atoms with E-state index in [1.807, 2.05) is 6.08 Å². The zero-order valence-electron chi connectivity index (χ0n) is 15.1. The molecular weight excluding hydrogens is 303 g/mol. The van der Waals surface area contributed by atoms with Crippen molar-refractivity contribution >= 4 is 0 Å². The highest BCUT2D eigenvalue weighted by molar-refractivity contribution is 4.99. The largest absolute Gasteiger partial charge is 0.352 e. The van der Waals surface area contributed by atoms with Crippen LogP contribution in [0.1, 0.15) is 64.7 Å². The maximum Gasteiger partial charge on any atom is 0.160 e. The SMILES string of the molecule is CCCC=CC1COC(C2CCC(C3CC=C(F)CC3)CC2)OC1. The van der Waals surface area contributed by atoms with Crippen molar-refractivity contribution in [3.05, 3.63) is 24.1 Å². The van der Waals surface area contributed by atoms with Crippen molar-refractivity contribution in [2.75, 3.05) is 13.2 Å². The lowest BCUT2D eigenvalue weighted by Gasteiger charge is -2.39. The van der Waals surface area contributed by atoms with Crippen LogP contribution in [0.2, 0.25) is 0 Å². The fraction of sp³-hybridized carbons (Fsp3) is 0.810. The molecular formula is C21H33FO2. The maximum absolute atomic E-state index is 13.2. The standard InChI is InChI=1S/C21H33FO2/c1-2-3-4-5-16-14-23-21(24-15-16)19-8-6-17(7-9-19)18-10-12-20(22)13-11-18/h4-5,12,16-19,21H,2-3,6-11,13-15H2,1H3. The quantitative estimate of drug-likeness (QED) is 0.591. The Kier molecular flexibility index (Phi) is 6.91. The second kappa shape index (κ2) is 9.15. The van der Waals surface area contributed by atoms with Gasteiger partial charge in [-0.05, 0) is 63.2 Å². The molecule has 0 spiro atoms. The van der Waals surface area contributed by atoms with Gasteiger partial charge in [-0.3, -0.25) is 0 Å². The Hall–Kier alpha value is -0.670. The molecule has 1 unspecified atom stereocenters. The van der Waals surface area contributed by atoms with Crippen LogP contribution < -0.4 is 0 Å². The first-order valence-electron chi connectivity index (χ1n) is 10.0. The maximum atomic E-state index is 13.2. The number of rotatable bonds is 5. The minimum atomic E-state index is 0.00507. The molecule has 1 saturated carbocycles. The predicted molar refractivity (Wildman–Crippen MR) is 95.2 cm³/mol. The van der Waals surface area contributed by atoms with Crippen molar-refractivity contribution < 1.29 is 13.9 Å². The molecule has 0 N–H and O–H groups in total. The van der Waals surface area contributed by atoms with E-state index >= 15 is 0 Å². The molecule has 2 fully saturated rings. The van der Waals surface area contributed by atoms with Crippen LogP contribution in [0.4, 0.5) is 4.39 Å². The van der Waals surface area contributed by atoms with E-state index in [1.165, 1.54) is 32.1 Å². The van der Waals surface area contributed by atoms with Gasteiger partial charge in [0.1, 0.15) is 0 Å². The summed E-state index contributed by atoms with van der Waals surface area (Å²) in [6.07, 6.45) is 16.2. The van der Waals surface area contributed by atoms with Crippen molar-refractivity contribution in [2.45, 2.75) is 71.0 Å². The van der Waals surface area contributed by atoms with E-state index in [1.54, 1.807) is 0 Å². The summed E-state index contributed by atoms with van der Waals surface area (Å²) in [7, 11) is 0. The minimum Gasteiger partial charge on any atom is -0.352 e. The average molecular weight is 336 g/mol. The summed E-state index contributed by atoms with van der Waals surface area (Å²) in [4.78, 5) is 0. The average Bonchev–Trinajstić information content (AvgIpc) is 2.63. The van der Waals surface area contributed by atoms with Gasteiger partial charge in [0, 0.05) is 11.8 Å². The highest BCUT2D eigenvalue weighted by Gasteiger charge is 2.34. The van der Waals surface area contributed by atoms with Crippen molar-refractivity contribution in [1.29, 1.82) is 0 Å². The third-order valence-electron chi connectivity index (χ3n) is 6.08. The van der Waals surface area contributed by atoms with Gasteiger partial charge in [0.15, 0.2) is 6.29 Å². The van der Waals surface area contributed by atoms with E-state index in [9.17, 15) is 4.39 Å². The lowest BCUT2D eigenvalue weighted by molar-refractivity contribution is -0.223. The van der Waals surface area contributed by atoms with Crippen LogP contribution in [0, 0.1) is 23.7 Å². The Morgan fingerprint density at radius 1 is 1.04 bits per heavy atom. The van der Waals surface area contributed by atoms with Gasteiger partial charge in [-0.1, -0.05) is 31.6 Å². The molecule has 2 nitrogen and oxygen atoms in total. The Morgan fingerprint density at radius 2 is 1.75 bits per heavy atom. The van der Waals surface area contributed by atoms with Crippen molar-refractivity contribution in [3.8, 4) is 0 Å². The molecule has 0 radical (unpaired) electrons. The van der Waals surface area contributed by atoms with Crippen LogP contribution in [0.3, 0.4) is 0 Å². The van der Waals surface area contributed by atoms with Crippen molar-refractivity contribution in [3.63, 3.8) is 0 Å². The zero-order valence-corrected chi connectivity index (χ0v) is 15.1. The first-order valence-corrected chi connectivity index (χ1v) is 10.0. The molecule has 0 amide bonds. The summed E-state index contributed by atoms with van der Waals surface area (Å²) in [5, 5.41) is 0. The molecule has 0 bridgehead atoms. The van der Waals surface area contributed by atoms with Crippen LogP contribution >= 0.6 is 0 Å². The molecule has 0 aromatic heterocycles. The molecule has 1 atom stereocenters. The number of allylic oxidation sites excluding steroid dienone is 3. The highest BCUT2D eigenvalue weighted by atomic mass is 19.1. The van der Waals surface area contributed by atoms with E-state index < -0.39 is 0 Å². The van der Waals surface area contributed by atoms with E-state index in [2.05, 4.69) is 19.1 Å². The normalized spacial score (nSPS) is 38.2. The first kappa shape index (κ1) is 18.1. The van der Waals surface area contributed by atoms with Gasteiger partial charge >= 0.3 is 0 Å². The fourth-order valence-corrected chi connectivity index (χ4v) is 4.51. The summed E-state index contributed by atoms with van der Waals surface area (Å²) < 4.78 is 25.2. The Labute approximate surface area is 146 Å². The molecule has 24 heavy (non-hydrogen) atoms. The molecule has 2 aliphatic carbocycles. The summed E-state index contributed by atoms with van der Waals surface area (Å²) in [5.74, 6) is 2.56. The van der Waals surface area contributed by atoms with E-state index in [0.717, 1.165) is 38.4 Å². The van der Waals surface area contributed by atoms with Gasteiger partial charge in [-0.2, -0.15) is 0 Å². The van der Waals surface area contributed by atoms with Gasteiger partial charge in [-0.25, -0.2) is 4.39 Å². The topological polar surface area (TPSA) is 18.5 Å². The van der Waals surface area contributed by atoms with Crippen LogP contribution in [0.5, 0.6) is 0 Å². The Bertz CT molecular complexity index is 429. The van der Waals surface area contributed by atoms with E-state index in [0.29, 0.717) is 24.2 Å². The zero-order chi connectivity index (χ0) is 16.8. The third kappa shape index (κ3) is 4.92. The van der Waals surface area contributed by atoms with Crippen LogP contribution in [-0.4, -0.2) is 19.5 Å². The van der Waals surface area contributed by atoms with Gasteiger partial charge < -0.3 is 9.47 Å². The minimum absolute atomic E-state index is 0.00507. The predicted octanol–water partition coefficient (Wildman–Crippen LogP) is 5.79. The molecule has 0 aromatic carbocycles. The van der Waals surface area contributed by atoms with Gasteiger partial charge in [-0.15, -0.1) is 0 Å². The number of hydrogen-bond donors (Lipinski definition) is 0. The van der Waals surface area contributed by atoms with E-state index in [4.69, 9.17) is 9.47 Å². The van der Waals surface area contributed by atoms with Gasteiger partial charge in [0.2, 0.25) is 0 Å². The smallest absolute Gasteiger partial charge is 0.160 e. The lowest BCUT2D eigenvalue weighted by atomic mass is 9.72. The number of ether oxygens (including phenoxy) is 2. The first-order chi connectivity index (χ1) is 11.8. The molecule has 1 aliphatic heterocycles. The summed E-state index contributed by atoms with van der Waals surface area (Å²) in [6, 6.07) is 0. The second-order valence-electron chi connectivity index (χ2n) is 7.87. The van der Waals surface area contributed by atoms with Crippen molar-refractivity contribution in [2.24, 2.45) is 23.7 Å². The van der Waals surface area contributed by atoms with Gasteiger partial charge in [0.25, 0.3) is 0 Å². The fourth-order valence-electron chi connectivity index (χ4n) is 4.51. The molecule has 3 rings (SSSR count). The Balaban J connectivity index is 1.38. The van der Waals surface area contributed by atoms with Crippen LogP contribution in [0.25, 0.3) is 0 Å². The second-order valence-corrected chi connectivity index (χ2v) is 7.87. The van der Waals surface area contributed by atoms with Gasteiger partial charge in [0.05, 0.1) is 19.0 Å². The van der Waals surface area contributed by atoms with Crippen LogP contribution in [0.15, 0.2) is 24.1 Å². The number of halogens is 1. The van der Waals surface area contributed by atoms with Crippen LogP contribution in [-0.2, 0) is 9.47 Å². The molecule has 1 heterocycles. The summed E-state index contributed by atoms with van der Waals surface area (Å²) >= 11 is 0. The van der Waals surface area contributed by atoms with Crippen molar-refractivity contribution in [1.82, 2.24) is 0 Å². The summed E-state index contributed by atoms with van der Waals surface area (Å²) in [5.41, 5.74) is 0. The molecule has 136 valence electrons. The lowest BCUT2D eigenvalue weighted by Crippen LogP contribution is -2.38.